The fourth-order valence-electron chi connectivity index (χ4n) is 4.95. The second-order valence-corrected chi connectivity index (χ2v) is 8.82. The van der Waals surface area contributed by atoms with Gasteiger partial charge in [0.1, 0.15) is 11.8 Å². The van der Waals surface area contributed by atoms with Crippen LogP contribution in [0.4, 0.5) is 4.79 Å². The van der Waals surface area contributed by atoms with Crippen molar-refractivity contribution in [1.29, 1.82) is 0 Å². The molecule has 0 radical (unpaired) electrons. The third-order valence-electron chi connectivity index (χ3n) is 6.75. The number of imide groups is 1. The number of para-hydroxylation sites is 1. The van der Waals surface area contributed by atoms with Crippen LogP contribution in [0.5, 0.6) is 5.75 Å². The molecule has 6 nitrogen and oxygen atoms in total. The Balaban J connectivity index is 1.15. The number of amides is 3. The van der Waals surface area contributed by atoms with Crippen LogP contribution in [0, 0.1) is 0 Å². The number of aryl methyl sites for hydroxylation is 1. The van der Waals surface area contributed by atoms with Gasteiger partial charge in [0.15, 0.2) is 6.23 Å². The Hall–Kier alpha value is -2.86. The lowest BCUT2D eigenvalue weighted by Crippen LogP contribution is -2.38. The summed E-state index contributed by atoms with van der Waals surface area (Å²) in [5.74, 6) is 0.974. The molecule has 2 atom stereocenters. The van der Waals surface area contributed by atoms with Gasteiger partial charge >= 0.3 is 6.03 Å². The molecule has 0 N–H and O–H groups in total. The summed E-state index contributed by atoms with van der Waals surface area (Å²) in [5.41, 5.74) is 3.65. The highest BCUT2D eigenvalue weighted by atomic mass is 16.5. The molecular formula is C25H29N3O3. The van der Waals surface area contributed by atoms with Crippen molar-refractivity contribution in [3.63, 3.8) is 0 Å². The number of fused-ring (bicyclic) bond motifs is 2. The monoisotopic (exact) mass is 419 g/mol. The minimum Gasteiger partial charge on any atom is -0.475 e. The van der Waals surface area contributed by atoms with Gasteiger partial charge < -0.3 is 9.64 Å². The SMILES string of the molecule is CN(Cc1ccc(CCN2C(=O)C3CCCN3C2=O)cc1)C1CCc2ccccc2O1. The molecule has 0 spiro atoms. The number of rotatable bonds is 6. The van der Waals surface area contributed by atoms with Gasteiger partial charge in [-0.2, -0.15) is 0 Å². The van der Waals surface area contributed by atoms with Gasteiger partial charge in [-0.15, -0.1) is 0 Å². The molecule has 0 aliphatic carbocycles. The lowest BCUT2D eigenvalue weighted by atomic mass is 10.0. The van der Waals surface area contributed by atoms with E-state index in [1.807, 2.05) is 12.1 Å². The number of carbonyl (C=O) groups is 2. The van der Waals surface area contributed by atoms with Crippen LogP contribution in [0.25, 0.3) is 0 Å². The first-order valence-corrected chi connectivity index (χ1v) is 11.2. The first-order valence-electron chi connectivity index (χ1n) is 11.2. The normalized spacial score (nSPS) is 22.6. The fraction of sp³-hybridized carbons (Fsp3) is 0.440. The molecule has 162 valence electrons. The van der Waals surface area contributed by atoms with Crippen LogP contribution in [-0.4, -0.2) is 59.0 Å². The van der Waals surface area contributed by atoms with Crippen LogP contribution in [0.3, 0.4) is 0 Å². The van der Waals surface area contributed by atoms with Gasteiger partial charge in [-0.25, -0.2) is 4.79 Å². The lowest BCUT2D eigenvalue weighted by Gasteiger charge is -2.33. The molecule has 3 heterocycles. The van der Waals surface area contributed by atoms with Gasteiger partial charge in [-0.1, -0.05) is 42.5 Å². The number of carbonyl (C=O) groups excluding carboxylic acids is 2. The number of ether oxygens (including phenoxy) is 1. The largest absolute Gasteiger partial charge is 0.475 e. The van der Waals surface area contributed by atoms with Crippen LogP contribution in [0.15, 0.2) is 48.5 Å². The highest BCUT2D eigenvalue weighted by molar-refractivity contribution is 6.04. The molecule has 3 amide bonds. The molecule has 2 aromatic rings. The molecule has 2 aromatic carbocycles. The molecule has 0 aromatic heterocycles. The van der Waals surface area contributed by atoms with E-state index in [1.54, 1.807) is 4.90 Å². The van der Waals surface area contributed by atoms with E-state index in [2.05, 4.69) is 48.3 Å². The number of nitrogens with zero attached hydrogens (tertiary/aromatic N) is 3. The Morgan fingerprint density at radius 2 is 1.81 bits per heavy atom. The predicted molar refractivity (Wildman–Crippen MR) is 118 cm³/mol. The van der Waals surface area contributed by atoms with E-state index in [-0.39, 0.29) is 24.2 Å². The second-order valence-electron chi connectivity index (χ2n) is 8.82. The Labute approximate surface area is 183 Å². The molecule has 2 unspecified atom stereocenters. The van der Waals surface area contributed by atoms with Gasteiger partial charge in [0.2, 0.25) is 0 Å². The summed E-state index contributed by atoms with van der Waals surface area (Å²) in [4.78, 5) is 30.3. The highest BCUT2D eigenvalue weighted by Gasteiger charge is 2.46. The van der Waals surface area contributed by atoms with Gasteiger partial charge in [0.25, 0.3) is 5.91 Å². The smallest absolute Gasteiger partial charge is 0.327 e. The van der Waals surface area contributed by atoms with E-state index < -0.39 is 0 Å². The number of hydrogen-bond acceptors (Lipinski definition) is 4. The van der Waals surface area contributed by atoms with Crippen LogP contribution in [0.1, 0.15) is 36.0 Å². The maximum Gasteiger partial charge on any atom is 0.327 e. The van der Waals surface area contributed by atoms with E-state index in [4.69, 9.17) is 4.74 Å². The number of hydrogen-bond donors (Lipinski definition) is 0. The minimum absolute atomic E-state index is 0.0187. The summed E-state index contributed by atoms with van der Waals surface area (Å²) >= 11 is 0. The summed E-state index contributed by atoms with van der Waals surface area (Å²) in [6, 6.07) is 16.4. The minimum atomic E-state index is -0.209. The van der Waals surface area contributed by atoms with Gasteiger partial charge in [-0.05, 0) is 55.5 Å². The number of benzene rings is 2. The van der Waals surface area contributed by atoms with Gasteiger partial charge in [-0.3, -0.25) is 14.6 Å². The molecule has 31 heavy (non-hydrogen) atoms. The Morgan fingerprint density at radius 3 is 2.61 bits per heavy atom. The van der Waals surface area contributed by atoms with Crippen molar-refractivity contribution in [2.24, 2.45) is 0 Å². The number of urea groups is 1. The molecule has 2 fully saturated rings. The van der Waals surface area contributed by atoms with Crippen molar-refractivity contribution in [1.82, 2.24) is 14.7 Å². The highest BCUT2D eigenvalue weighted by Crippen LogP contribution is 2.29. The molecule has 0 saturated carbocycles. The molecule has 0 bridgehead atoms. The van der Waals surface area contributed by atoms with Crippen molar-refractivity contribution in [2.45, 2.75) is 50.9 Å². The van der Waals surface area contributed by atoms with Crippen molar-refractivity contribution < 1.29 is 14.3 Å². The average Bonchev–Trinajstić information content (AvgIpc) is 3.37. The zero-order valence-corrected chi connectivity index (χ0v) is 18.0. The second kappa shape index (κ2) is 8.35. The van der Waals surface area contributed by atoms with Crippen molar-refractivity contribution in [3.8, 4) is 5.75 Å². The summed E-state index contributed by atoms with van der Waals surface area (Å²) in [5, 5.41) is 0. The van der Waals surface area contributed by atoms with Crippen LogP contribution in [0.2, 0.25) is 0 Å². The molecular weight excluding hydrogens is 390 g/mol. The molecule has 5 rings (SSSR count). The zero-order valence-electron chi connectivity index (χ0n) is 18.0. The van der Waals surface area contributed by atoms with E-state index in [0.717, 1.165) is 43.5 Å². The first-order chi connectivity index (χ1) is 15.1. The van der Waals surface area contributed by atoms with Crippen molar-refractivity contribution in [2.75, 3.05) is 20.1 Å². The third-order valence-corrected chi connectivity index (χ3v) is 6.75. The topological polar surface area (TPSA) is 53.1 Å². The summed E-state index contributed by atoms with van der Waals surface area (Å²) in [6.07, 6.45) is 4.54. The van der Waals surface area contributed by atoms with Crippen LogP contribution >= 0.6 is 0 Å². The molecule has 6 heteroatoms. The third kappa shape index (κ3) is 3.92. The Kier molecular flexibility index (Phi) is 5.40. The maximum absolute atomic E-state index is 12.5. The fourth-order valence-corrected chi connectivity index (χ4v) is 4.95. The van der Waals surface area contributed by atoms with E-state index >= 15 is 0 Å². The lowest BCUT2D eigenvalue weighted by molar-refractivity contribution is -0.127. The molecule has 3 aliphatic heterocycles. The van der Waals surface area contributed by atoms with Crippen LogP contribution in [-0.2, 0) is 24.2 Å². The zero-order chi connectivity index (χ0) is 21.4. The van der Waals surface area contributed by atoms with E-state index in [9.17, 15) is 9.59 Å². The van der Waals surface area contributed by atoms with Crippen LogP contribution < -0.4 is 4.74 Å². The first kappa shape index (κ1) is 20.1. The Morgan fingerprint density at radius 1 is 1.03 bits per heavy atom. The van der Waals surface area contributed by atoms with Crippen molar-refractivity contribution in [3.05, 3.63) is 65.2 Å². The summed E-state index contributed by atoms with van der Waals surface area (Å²) in [6.45, 7) is 1.98. The summed E-state index contributed by atoms with van der Waals surface area (Å²) in [7, 11) is 2.10. The van der Waals surface area contributed by atoms with Crippen molar-refractivity contribution >= 4 is 11.9 Å². The Bertz CT molecular complexity index is 952. The van der Waals surface area contributed by atoms with Gasteiger partial charge in [0, 0.05) is 26.1 Å². The predicted octanol–water partition coefficient (Wildman–Crippen LogP) is 3.44. The van der Waals surface area contributed by atoms with E-state index in [0.29, 0.717) is 19.5 Å². The van der Waals surface area contributed by atoms with Gasteiger partial charge in [0.05, 0.1) is 0 Å². The maximum atomic E-state index is 12.5. The standard InChI is InChI=1S/C25H29N3O3/c1-26(23-13-12-20-5-2-3-7-22(20)31-23)17-19-10-8-18(9-11-19)14-16-28-24(29)21-6-4-15-27(21)25(28)30/h2-3,5,7-11,21,23H,4,6,12-17H2,1H3. The molecule has 3 aliphatic rings. The van der Waals surface area contributed by atoms with E-state index in [1.165, 1.54) is 16.0 Å². The average molecular weight is 420 g/mol. The summed E-state index contributed by atoms with van der Waals surface area (Å²) < 4.78 is 6.19. The quantitative estimate of drug-likeness (QED) is 0.673. The molecule has 2 saturated heterocycles.